The van der Waals surface area contributed by atoms with Crippen LogP contribution in [-0.2, 0) is 20.7 Å². The van der Waals surface area contributed by atoms with Crippen molar-refractivity contribution in [3.8, 4) is 0 Å². The number of halogens is 2. The van der Waals surface area contributed by atoms with Crippen LogP contribution in [0, 0.1) is 17.0 Å². The fourth-order valence-corrected chi connectivity index (χ4v) is 4.08. The normalized spacial score (nSPS) is 18.2. The lowest BCUT2D eigenvalue weighted by molar-refractivity contribution is -0.158. The van der Waals surface area contributed by atoms with Crippen molar-refractivity contribution in [1.29, 1.82) is 0 Å². The first-order valence-corrected chi connectivity index (χ1v) is 10.4. The largest absolute Gasteiger partial charge is 0.466 e. The molecule has 2 aromatic rings. The molecule has 8 heteroatoms. The second-order valence-electron chi connectivity index (χ2n) is 7.82. The molecule has 6 nitrogen and oxygen atoms in total. The summed E-state index contributed by atoms with van der Waals surface area (Å²) >= 11 is 0. The van der Waals surface area contributed by atoms with Gasteiger partial charge in [0.05, 0.1) is 24.7 Å². The molecular formula is C24H25F2NO5. The Morgan fingerprint density at radius 1 is 1.09 bits per heavy atom. The quantitative estimate of drug-likeness (QED) is 0.633. The van der Waals surface area contributed by atoms with Gasteiger partial charge in [0.25, 0.3) is 5.91 Å². The Labute approximate surface area is 185 Å². The van der Waals surface area contributed by atoms with Crippen LogP contribution in [0.4, 0.5) is 8.78 Å². The number of carbonyl (C=O) groups is 3. The summed E-state index contributed by atoms with van der Waals surface area (Å²) in [5, 5.41) is 0. The molecular weight excluding hydrogens is 420 g/mol. The van der Waals surface area contributed by atoms with Crippen molar-refractivity contribution in [2.24, 2.45) is 5.41 Å². The van der Waals surface area contributed by atoms with Crippen LogP contribution in [0.25, 0.3) is 0 Å². The van der Waals surface area contributed by atoms with Gasteiger partial charge in [-0.05, 0) is 56.0 Å². The molecule has 1 saturated heterocycles. The van der Waals surface area contributed by atoms with Crippen LogP contribution in [0.2, 0.25) is 0 Å². The number of ether oxygens (including phenoxy) is 2. The third kappa shape index (κ3) is 4.95. The highest BCUT2D eigenvalue weighted by molar-refractivity contribution is 5.98. The van der Waals surface area contributed by atoms with Crippen LogP contribution in [0.1, 0.15) is 46.0 Å². The number of likely N-dealkylation sites (tertiary alicyclic amines) is 1. The molecule has 1 aliphatic rings. The molecule has 1 aliphatic heterocycles. The number of hydrogen-bond donors (Lipinski definition) is 0. The van der Waals surface area contributed by atoms with E-state index in [0.717, 1.165) is 12.1 Å². The lowest BCUT2D eigenvalue weighted by Crippen LogP contribution is -2.51. The van der Waals surface area contributed by atoms with Crippen LogP contribution in [0.15, 0.2) is 42.5 Å². The Kier molecular flexibility index (Phi) is 7.22. The van der Waals surface area contributed by atoms with Gasteiger partial charge in [-0.15, -0.1) is 0 Å². The zero-order chi connectivity index (χ0) is 23.3. The lowest BCUT2D eigenvalue weighted by Gasteiger charge is -2.41. The van der Waals surface area contributed by atoms with Crippen molar-refractivity contribution in [3.05, 3.63) is 70.8 Å². The number of carbonyl (C=O) groups excluding carboxylic acids is 3. The zero-order valence-electron chi connectivity index (χ0n) is 18.0. The maximum Gasteiger partial charge on any atom is 0.337 e. The van der Waals surface area contributed by atoms with Crippen LogP contribution in [0.5, 0.6) is 0 Å². The van der Waals surface area contributed by atoms with Crippen LogP contribution in [0.3, 0.4) is 0 Å². The monoisotopic (exact) mass is 445 g/mol. The SMILES string of the molecule is CCOC(=O)[C@@]1(Cc2ccc(F)cc2F)CCCN(C(=O)c2cccc(C(=O)OC)c2)C1. The molecule has 3 rings (SSSR count). The summed E-state index contributed by atoms with van der Waals surface area (Å²) in [7, 11) is 1.25. The maximum absolute atomic E-state index is 14.4. The van der Waals surface area contributed by atoms with E-state index in [4.69, 9.17) is 9.47 Å². The third-order valence-electron chi connectivity index (χ3n) is 5.65. The predicted molar refractivity (Wildman–Crippen MR) is 112 cm³/mol. The molecule has 0 aromatic heterocycles. The molecule has 0 N–H and O–H groups in total. The fourth-order valence-electron chi connectivity index (χ4n) is 4.08. The molecule has 2 aromatic carbocycles. The van der Waals surface area contributed by atoms with Gasteiger partial charge in [-0.25, -0.2) is 13.6 Å². The summed E-state index contributed by atoms with van der Waals surface area (Å²) in [5.74, 6) is -2.90. The van der Waals surface area contributed by atoms with Crippen molar-refractivity contribution >= 4 is 17.8 Å². The minimum Gasteiger partial charge on any atom is -0.466 e. The molecule has 32 heavy (non-hydrogen) atoms. The van der Waals surface area contributed by atoms with Crippen molar-refractivity contribution in [2.45, 2.75) is 26.2 Å². The molecule has 0 unspecified atom stereocenters. The summed E-state index contributed by atoms with van der Waals surface area (Å²) < 4.78 is 37.7. The van der Waals surface area contributed by atoms with E-state index in [1.165, 1.54) is 24.1 Å². The van der Waals surface area contributed by atoms with Gasteiger partial charge in [0.1, 0.15) is 11.6 Å². The first kappa shape index (κ1) is 23.4. The number of rotatable bonds is 6. The summed E-state index contributed by atoms with van der Waals surface area (Å²) in [4.78, 5) is 39.5. The highest BCUT2D eigenvalue weighted by Crippen LogP contribution is 2.36. The first-order chi connectivity index (χ1) is 15.3. The zero-order valence-corrected chi connectivity index (χ0v) is 18.0. The summed E-state index contributed by atoms with van der Waals surface area (Å²) in [5.41, 5.74) is -0.468. The Morgan fingerprint density at radius 3 is 2.53 bits per heavy atom. The minimum atomic E-state index is -1.16. The summed E-state index contributed by atoms with van der Waals surface area (Å²) in [6.07, 6.45) is 0.878. The van der Waals surface area contributed by atoms with Gasteiger partial charge in [-0.2, -0.15) is 0 Å². The Bertz CT molecular complexity index is 1030. The predicted octanol–water partition coefficient (Wildman–Crippen LogP) is 3.78. The number of nitrogens with zero attached hydrogens (tertiary/aromatic N) is 1. The number of hydrogen-bond acceptors (Lipinski definition) is 5. The molecule has 1 fully saturated rings. The van der Waals surface area contributed by atoms with Crippen molar-refractivity contribution in [2.75, 3.05) is 26.8 Å². The fraction of sp³-hybridized carbons (Fsp3) is 0.375. The highest BCUT2D eigenvalue weighted by atomic mass is 19.1. The third-order valence-corrected chi connectivity index (χ3v) is 5.65. The molecule has 0 spiro atoms. The van der Waals surface area contributed by atoms with E-state index >= 15 is 0 Å². The number of esters is 2. The van der Waals surface area contributed by atoms with E-state index in [2.05, 4.69) is 0 Å². The number of methoxy groups -OCH3 is 1. The Hall–Kier alpha value is -3.29. The average molecular weight is 445 g/mol. The van der Waals surface area contributed by atoms with Crippen molar-refractivity contribution in [1.82, 2.24) is 4.90 Å². The van der Waals surface area contributed by atoms with Crippen molar-refractivity contribution < 1.29 is 32.6 Å². The van der Waals surface area contributed by atoms with Crippen LogP contribution in [-0.4, -0.2) is 49.6 Å². The lowest BCUT2D eigenvalue weighted by atomic mass is 9.74. The smallest absolute Gasteiger partial charge is 0.337 e. The van der Waals surface area contributed by atoms with Gasteiger partial charge >= 0.3 is 11.9 Å². The van der Waals surface area contributed by atoms with E-state index in [1.807, 2.05) is 0 Å². The van der Waals surface area contributed by atoms with Gasteiger partial charge in [0.2, 0.25) is 0 Å². The summed E-state index contributed by atoms with van der Waals surface area (Å²) in [6, 6.07) is 9.37. The van der Waals surface area contributed by atoms with Gasteiger partial charge in [-0.1, -0.05) is 12.1 Å². The number of benzene rings is 2. The molecule has 0 aliphatic carbocycles. The van der Waals surface area contributed by atoms with Crippen LogP contribution >= 0.6 is 0 Å². The van der Waals surface area contributed by atoms with Gasteiger partial charge < -0.3 is 14.4 Å². The molecule has 1 heterocycles. The van der Waals surface area contributed by atoms with E-state index in [0.29, 0.717) is 19.4 Å². The molecule has 0 saturated carbocycles. The van der Waals surface area contributed by atoms with Gasteiger partial charge in [0, 0.05) is 24.7 Å². The van der Waals surface area contributed by atoms with E-state index in [1.54, 1.807) is 25.1 Å². The molecule has 1 amide bonds. The minimum absolute atomic E-state index is 0.0178. The average Bonchev–Trinajstić information content (AvgIpc) is 2.80. The summed E-state index contributed by atoms with van der Waals surface area (Å²) in [6.45, 7) is 2.23. The molecule has 1 atom stereocenters. The standard InChI is InChI=1S/C24H25F2NO5/c1-3-32-23(30)24(14-18-8-9-19(25)13-20(18)26)10-5-11-27(15-24)21(28)16-6-4-7-17(12-16)22(29)31-2/h4,6-9,12-13H,3,5,10-11,14-15H2,1-2H3/t24-/m1/s1. The molecule has 0 radical (unpaired) electrons. The second kappa shape index (κ2) is 9.89. The highest BCUT2D eigenvalue weighted by Gasteiger charge is 2.45. The van der Waals surface area contributed by atoms with Gasteiger partial charge in [-0.3, -0.25) is 9.59 Å². The van der Waals surface area contributed by atoms with E-state index in [9.17, 15) is 23.2 Å². The topological polar surface area (TPSA) is 72.9 Å². The Morgan fingerprint density at radius 2 is 1.84 bits per heavy atom. The van der Waals surface area contributed by atoms with E-state index < -0.39 is 29.0 Å². The first-order valence-electron chi connectivity index (χ1n) is 10.4. The van der Waals surface area contributed by atoms with Crippen molar-refractivity contribution in [3.63, 3.8) is 0 Å². The van der Waals surface area contributed by atoms with E-state index in [-0.39, 0.29) is 42.2 Å². The maximum atomic E-state index is 14.4. The molecule has 170 valence electrons. The van der Waals surface area contributed by atoms with Crippen LogP contribution < -0.4 is 0 Å². The number of amides is 1. The van der Waals surface area contributed by atoms with Gasteiger partial charge in [0.15, 0.2) is 0 Å². The number of piperidine rings is 1. The Balaban J connectivity index is 1.90. The molecule has 0 bridgehead atoms. The second-order valence-corrected chi connectivity index (χ2v) is 7.82.